The highest BCUT2D eigenvalue weighted by molar-refractivity contribution is 6.68. The number of carboxylic acid groups (broad SMARTS) is 2. The Morgan fingerprint density at radius 3 is 1.24 bits per heavy atom. The van der Waals surface area contributed by atoms with Gasteiger partial charge in [0.15, 0.2) is 5.56 Å². The number of anilines is 6. The Kier molecular flexibility index (Phi) is 59.6. The van der Waals surface area contributed by atoms with Crippen molar-refractivity contribution >= 4 is 175 Å². The molecule has 10 rings (SSSR count). The lowest BCUT2D eigenvalue weighted by atomic mass is 10.2. The quantitative estimate of drug-likeness (QED) is 0.00557. The third kappa shape index (κ3) is 50.0. The van der Waals surface area contributed by atoms with Crippen molar-refractivity contribution in [1.29, 1.82) is 0 Å². The molecule has 0 saturated heterocycles. The third-order valence-electron chi connectivity index (χ3n) is 14.3. The SMILES string of the molecule is CC.CC(C)(C)OC(=O)c1cccnc1Cl.CC(Cl)OC(=O)N(C)c1ncccc1COC(=O)CN(C)C(=O)OC(C)(C)C.CNc1ncccc1C(=O)OC(C)(C)C.CNc1ncccc1CO.CO.COC(=O)c1cccnc1N.COC(=O)c1cccnc1NC=O.C[N+]1=C(Cl)NCC1.Nc1ncccc1C(=O)O.O=C(Cl)c1cccnc1Cl.O=C(O)c1cccnc1Cl. The van der Waals surface area contributed by atoms with E-state index in [4.69, 9.17) is 125 Å². The first-order chi connectivity index (χ1) is 62.1. The standard InChI is InChI=1S/C18H26ClN3O6.C11H16N2O2.C10H12ClNO2.C8H8N2O3.C7H8N2O2.C7H10N2O.C6H3Cl2NO.C6H4ClNO2.C6H6N2O2.C4H7ClN2.C2H6.CH4O/c1-12(19)27-17(25)22(6)15-13(8-7-9-20-15)11-26-14(23)10-21(5)16(24)28-18(2,3)4;1-11(2,3)15-10(14)8-6-5-7-13-9(8)12-4;1-10(2,3)14-9(13)7-5-4-6-12-8(7)11;1-13-8(12)6-3-2-4-9-7(6)10-5-11;1-11-7(10)5-3-2-4-9-6(5)8;1-8-7-6(5-10)3-2-4-9-7;7-5-4(6(8)10)2-1-3-9-5;2*7-5-4(6(9)10)2-1-3-8-5;1-7-3-2-6-4(7)5;2*1-2/h7-9,12H,10-11H2,1-6H3;5-7H,1-4H3,(H,12,13);4-6H,1-3H3;2-5H,1H3,(H,9,10,11);2-4H,1H3,(H2,8,9);2-4,10H,5H2,1H3,(H,8,9);1-3H;1-3H,(H,9,10);1-3H,(H2,7,8)(H,9,10);2-3H2,1H3;1-2H3;2H,1H3/p+1. The molecule has 40 nitrogen and oxygen atoms in total. The summed E-state index contributed by atoms with van der Waals surface area (Å²) in [5.74, 6) is -2.57. The average molecular weight is 1960 g/mol. The number of aromatic nitrogens is 9. The number of aliphatic hydroxyl groups is 2. The van der Waals surface area contributed by atoms with Crippen molar-refractivity contribution in [3.05, 3.63) is 230 Å². The van der Waals surface area contributed by atoms with Gasteiger partial charge in [-0.25, -0.2) is 83.2 Å². The summed E-state index contributed by atoms with van der Waals surface area (Å²) >= 11 is 33.1. The van der Waals surface area contributed by atoms with Gasteiger partial charge in [-0.05, 0) is 178 Å². The lowest BCUT2D eigenvalue weighted by Gasteiger charge is -2.24. The normalized spacial score (nSPS) is 10.6. The van der Waals surface area contributed by atoms with Gasteiger partial charge in [-0.2, -0.15) is 0 Å². The van der Waals surface area contributed by atoms with E-state index in [2.05, 4.69) is 75.6 Å². The molecule has 0 bridgehead atoms. The number of halogens is 6. The fourth-order valence-electron chi connectivity index (χ4n) is 8.50. The number of ether oxygens (including phenoxy) is 7. The first-order valence-electron chi connectivity index (χ1n) is 38.7. The van der Waals surface area contributed by atoms with Crippen LogP contribution < -0.4 is 37.6 Å². The molecule has 9 aromatic heterocycles. The molecule has 132 heavy (non-hydrogen) atoms. The van der Waals surface area contributed by atoms with Crippen LogP contribution in [-0.2, 0) is 56.0 Å². The van der Waals surface area contributed by atoms with Gasteiger partial charge >= 0.3 is 59.3 Å². The van der Waals surface area contributed by atoms with Crippen molar-refractivity contribution in [1.82, 2.24) is 55.1 Å². The predicted octanol–water partition coefficient (Wildman–Crippen LogP) is 13.8. The van der Waals surface area contributed by atoms with Crippen LogP contribution in [0.3, 0.4) is 0 Å². The minimum atomic E-state index is -1.06. The Bertz CT molecular complexity index is 4980. The number of carbonyl (C=O) groups excluding carboxylic acids is 9. The number of hydrogen-bond donors (Lipinski definition) is 10. The fraction of sp³-hybridized carbons (Fsp3) is 0.337. The van der Waals surface area contributed by atoms with Crippen LogP contribution in [-0.4, -0.2) is 244 Å². The second-order valence-corrected chi connectivity index (χ2v) is 30.0. The van der Waals surface area contributed by atoms with E-state index in [9.17, 15) is 52.7 Å². The highest BCUT2D eigenvalue weighted by Gasteiger charge is 2.26. The number of nitrogens with zero attached hydrogens (tertiary/aromatic N) is 12. The van der Waals surface area contributed by atoms with E-state index in [1.165, 1.54) is 115 Å². The molecular weight excluding hydrogens is 1850 g/mol. The summed E-state index contributed by atoms with van der Waals surface area (Å²) in [5.41, 5.74) is 11.0. The largest absolute Gasteiger partial charge is 0.478 e. The summed E-state index contributed by atoms with van der Waals surface area (Å²) in [7, 11) is 11.9. The number of nitrogens with one attached hydrogen (secondary N) is 4. The molecule has 0 aliphatic carbocycles. The molecule has 1 unspecified atom stereocenters. The van der Waals surface area contributed by atoms with Gasteiger partial charge in [0.2, 0.25) is 6.41 Å². The second kappa shape index (κ2) is 65.2. The summed E-state index contributed by atoms with van der Waals surface area (Å²) < 4.78 is 36.6. The molecule has 0 spiro atoms. The number of amides is 3. The maximum atomic E-state index is 12.0. The van der Waals surface area contributed by atoms with E-state index in [0.29, 0.717) is 34.5 Å². The first-order valence-corrected chi connectivity index (χ1v) is 41.0. The van der Waals surface area contributed by atoms with Gasteiger partial charge in [0.1, 0.15) is 116 Å². The summed E-state index contributed by atoms with van der Waals surface area (Å²) in [6, 6.07) is 28.8. The molecule has 1 aliphatic heterocycles. The average Bonchev–Trinajstić information content (AvgIpc) is 1.64. The number of carbonyl (C=O) groups is 11. The van der Waals surface area contributed by atoms with Crippen molar-refractivity contribution in [3.8, 4) is 0 Å². The van der Waals surface area contributed by atoms with Gasteiger partial charge in [-0.3, -0.25) is 29.2 Å². The molecule has 0 fully saturated rings. The summed E-state index contributed by atoms with van der Waals surface area (Å²) in [6.07, 6.45) is 12.8. The van der Waals surface area contributed by atoms with Crippen LogP contribution in [0.25, 0.3) is 0 Å². The highest BCUT2D eigenvalue weighted by Crippen LogP contribution is 2.23. The minimum absolute atomic E-state index is 0.0231. The van der Waals surface area contributed by atoms with Gasteiger partial charge in [-0.15, -0.1) is 0 Å². The number of aliphatic hydroxyl groups excluding tert-OH is 2. The summed E-state index contributed by atoms with van der Waals surface area (Å²) in [4.78, 5) is 159. The summed E-state index contributed by atoms with van der Waals surface area (Å²) in [5, 5.41) is 44.2. The van der Waals surface area contributed by atoms with Gasteiger partial charge in [0, 0.05) is 114 Å². The van der Waals surface area contributed by atoms with Crippen molar-refractivity contribution in [3.63, 3.8) is 0 Å². The monoisotopic (exact) mass is 1960 g/mol. The number of hydrogen-bond acceptors (Lipinski definition) is 34. The predicted molar refractivity (Wildman–Crippen MR) is 502 cm³/mol. The van der Waals surface area contributed by atoms with Crippen LogP contribution in [0, 0.1) is 0 Å². The van der Waals surface area contributed by atoms with Crippen LogP contribution in [0.5, 0.6) is 0 Å². The molecule has 10 heterocycles. The highest BCUT2D eigenvalue weighted by atomic mass is 35.5. The van der Waals surface area contributed by atoms with E-state index < -0.39 is 75.6 Å². The number of esters is 5. The Hall–Kier alpha value is -13.4. The molecule has 0 saturated carbocycles. The maximum Gasteiger partial charge on any atom is 0.416 e. The molecule has 3 amide bonds. The van der Waals surface area contributed by atoms with E-state index in [-0.39, 0.29) is 86.7 Å². The number of aromatic carboxylic acids is 2. The van der Waals surface area contributed by atoms with Crippen molar-refractivity contribution in [2.24, 2.45) is 0 Å². The Morgan fingerprint density at radius 1 is 0.523 bits per heavy atom. The Morgan fingerprint density at radius 2 is 0.894 bits per heavy atom. The zero-order valence-corrected chi connectivity index (χ0v) is 80.7. The van der Waals surface area contributed by atoms with Gasteiger partial charge in [0.05, 0.1) is 44.6 Å². The molecule has 1 atom stereocenters. The van der Waals surface area contributed by atoms with Crippen LogP contribution >= 0.6 is 69.6 Å². The second-order valence-electron chi connectivity index (χ2n) is 27.6. The van der Waals surface area contributed by atoms with Crippen molar-refractivity contribution in [2.45, 2.75) is 119 Å². The van der Waals surface area contributed by atoms with E-state index in [1.54, 1.807) is 135 Å². The molecule has 9 aromatic rings. The topological polar surface area (TPSA) is 559 Å². The van der Waals surface area contributed by atoms with Gasteiger partial charge in [-0.1, -0.05) is 72.4 Å². The van der Waals surface area contributed by atoms with Crippen molar-refractivity contribution < 1.29 is 111 Å². The number of nitrogen functional groups attached to an aromatic ring is 2. The van der Waals surface area contributed by atoms with Crippen LogP contribution in [0.15, 0.2) is 165 Å². The number of pyridine rings is 9. The smallest absolute Gasteiger partial charge is 0.416 e. The lowest BCUT2D eigenvalue weighted by molar-refractivity contribution is -0.484. The first kappa shape index (κ1) is 121. The zero-order chi connectivity index (χ0) is 101. The van der Waals surface area contributed by atoms with Crippen molar-refractivity contribution in [2.75, 3.05) is 109 Å². The number of nitrogens with two attached hydrogens (primary N) is 2. The number of amidine groups is 1. The molecule has 12 N–H and O–H groups in total. The minimum Gasteiger partial charge on any atom is -0.478 e. The van der Waals surface area contributed by atoms with E-state index in [1.807, 2.05) is 52.3 Å². The molecule has 0 radical (unpaired) electrons. The molecule has 718 valence electrons. The number of alkyl halides is 1. The molecule has 46 heteroatoms. The van der Waals surface area contributed by atoms with Gasteiger partial charge < -0.3 is 85.9 Å². The zero-order valence-electron chi connectivity index (χ0n) is 76.2. The number of rotatable bonds is 18. The third-order valence-corrected chi connectivity index (χ3v) is 15.9. The fourth-order valence-corrected chi connectivity index (χ4v) is 9.56. The Labute approximate surface area is 794 Å². The number of carboxylic acids is 2. The van der Waals surface area contributed by atoms with Crippen LogP contribution in [0.2, 0.25) is 15.5 Å². The number of methoxy groups -OCH3 is 2. The molecular formula is C86H111Cl6N18O22+. The molecule has 1 aliphatic rings. The van der Waals surface area contributed by atoms with Gasteiger partial charge in [0.25, 0.3) is 5.24 Å². The van der Waals surface area contributed by atoms with E-state index in [0.717, 1.165) is 46.7 Å². The number of likely N-dealkylation sites (N-methyl/N-ethyl adjacent to an activating group) is 2. The van der Waals surface area contributed by atoms with Crippen LogP contribution in [0.4, 0.5) is 44.5 Å². The Balaban J connectivity index is 0. The molecule has 0 aromatic carbocycles. The van der Waals surface area contributed by atoms with Crippen LogP contribution in [0.1, 0.15) is 167 Å². The lowest BCUT2D eigenvalue weighted by Crippen LogP contribution is -2.37. The van der Waals surface area contributed by atoms with E-state index >= 15 is 0 Å². The maximum absolute atomic E-state index is 12.0. The summed E-state index contributed by atoms with van der Waals surface area (Å²) in [6.45, 7) is 23.2.